The van der Waals surface area contributed by atoms with Crippen molar-refractivity contribution in [2.24, 2.45) is 0 Å². The van der Waals surface area contributed by atoms with Gasteiger partial charge in [0, 0.05) is 6.54 Å². The molecule has 3 aromatic rings. The largest absolute Gasteiger partial charge is 0.369 e. The van der Waals surface area contributed by atoms with Crippen molar-refractivity contribution in [3.8, 4) is 0 Å². The van der Waals surface area contributed by atoms with E-state index in [1.165, 1.54) is 18.2 Å². The van der Waals surface area contributed by atoms with E-state index in [2.05, 4.69) is 4.98 Å². The van der Waals surface area contributed by atoms with Crippen molar-refractivity contribution < 1.29 is 8.78 Å². The first-order valence-corrected chi connectivity index (χ1v) is 6.71. The van der Waals surface area contributed by atoms with Crippen LogP contribution >= 0.6 is 0 Å². The van der Waals surface area contributed by atoms with Crippen LogP contribution in [0.3, 0.4) is 0 Å². The van der Waals surface area contributed by atoms with Gasteiger partial charge < -0.3 is 10.3 Å². The highest BCUT2D eigenvalue weighted by Gasteiger charge is 2.11. The van der Waals surface area contributed by atoms with Crippen LogP contribution in [-0.4, -0.2) is 9.55 Å². The number of anilines is 1. The van der Waals surface area contributed by atoms with Crippen molar-refractivity contribution in [1.82, 2.24) is 9.55 Å². The highest BCUT2D eigenvalue weighted by molar-refractivity contribution is 5.78. The smallest absolute Gasteiger partial charge is 0.201 e. The summed E-state index contributed by atoms with van der Waals surface area (Å²) in [5, 5.41) is 0. The maximum absolute atomic E-state index is 13.7. The molecule has 0 radical (unpaired) electrons. The maximum atomic E-state index is 13.7. The van der Waals surface area contributed by atoms with Crippen LogP contribution < -0.4 is 5.73 Å². The van der Waals surface area contributed by atoms with Crippen molar-refractivity contribution in [2.75, 3.05) is 5.73 Å². The Labute approximate surface area is 121 Å². The van der Waals surface area contributed by atoms with Crippen LogP contribution in [0, 0.1) is 18.6 Å². The number of halogens is 2. The topological polar surface area (TPSA) is 43.8 Å². The van der Waals surface area contributed by atoms with Gasteiger partial charge in [-0.05, 0) is 48.7 Å². The second-order valence-electron chi connectivity index (χ2n) is 5.05. The van der Waals surface area contributed by atoms with Gasteiger partial charge in [0.15, 0.2) is 5.82 Å². The number of hydrogen-bond acceptors (Lipinski definition) is 2. The Morgan fingerprint density at radius 2 is 2.00 bits per heavy atom. The second kappa shape index (κ2) is 5.16. The third-order valence-electron chi connectivity index (χ3n) is 3.67. The Balaban J connectivity index is 1.92. The number of hydrogen-bond donors (Lipinski definition) is 1. The summed E-state index contributed by atoms with van der Waals surface area (Å²) in [6.45, 7) is 2.44. The fourth-order valence-corrected chi connectivity index (χ4v) is 2.54. The van der Waals surface area contributed by atoms with Crippen molar-refractivity contribution >= 4 is 17.0 Å². The molecule has 0 aliphatic heterocycles. The number of para-hydroxylation sites is 1. The molecule has 0 aliphatic carbocycles. The summed E-state index contributed by atoms with van der Waals surface area (Å²) in [5.41, 5.74) is 8.76. The Kier molecular flexibility index (Phi) is 3.33. The van der Waals surface area contributed by atoms with Crippen molar-refractivity contribution in [3.05, 3.63) is 59.2 Å². The van der Waals surface area contributed by atoms with E-state index in [1.54, 1.807) is 22.8 Å². The number of nitrogens with two attached hydrogens (primary N) is 1. The fourth-order valence-electron chi connectivity index (χ4n) is 2.54. The molecule has 2 N–H and O–H groups in total. The maximum Gasteiger partial charge on any atom is 0.201 e. The zero-order valence-corrected chi connectivity index (χ0v) is 11.6. The van der Waals surface area contributed by atoms with E-state index in [4.69, 9.17) is 5.73 Å². The summed E-state index contributed by atoms with van der Waals surface area (Å²) in [6.07, 6.45) is 0.679. The van der Waals surface area contributed by atoms with Gasteiger partial charge >= 0.3 is 0 Å². The highest BCUT2D eigenvalue weighted by atomic mass is 19.1. The predicted octanol–water partition coefficient (Wildman–Crippen LogP) is 3.45. The lowest BCUT2D eigenvalue weighted by atomic mass is 10.1. The van der Waals surface area contributed by atoms with E-state index >= 15 is 0 Å². The molecule has 0 saturated carbocycles. The zero-order valence-electron chi connectivity index (χ0n) is 11.6. The quantitative estimate of drug-likeness (QED) is 0.802. The molecule has 5 heteroatoms. The van der Waals surface area contributed by atoms with Crippen molar-refractivity contribution in [2.45, 2.75) is 19.9 Å². The van der Waals surface area contributed by atoms with E-state index < -0.39 is 0 Å². The molecule has 0 spiro atoms. The van der Waals surface area contributed by atoms with Crippen LogP contribution in [0.4, 0.5) is 14.7 Å². The van der Waals surface area contributed by atoms with Gasteiger partial charge in [0.2, 0.25) is 5.95 Å². The first-order valence-electron chi connectivity index (χ1n) is 6.71. The summed E-state index contributed by atoms with van der Waals surface area (Å²) in [4.78, 5) is 4.07. The summed E-state index contributed by atoms with van der Waals surface area (Å²) in [7, 11) is 0. The molecule has 3 nitrogen and oxygen atoms in total. The summed E-state index contributed by atoms with van der Waals surface area (Å²) < 4.78 is 28.6. The minimum atomic E-state index is -0.379. The molecule has 0 atom stereocenters. The first-order chi connectivity index (χ1) is 10.1. The number of aromatic nitrogens is 2. The van der Waals surface area contributed by atoms with E-state index in [0.717, 1.165) is 11.1 Å². The van der Waals surface area contributed by atoms with Crippen molar-refractivity contribution in [3.63, 3.8) is 0 Å². The summed E-state index contributed by atoms with van der Waals surface area (Å²) >= 11 is 0. The fraction of sp³-hybridized carbons (Fsp3) is 0.188. The number of aryl methyl sites for hydroxylation is 3. The van der Waals surface area contributed by atoms with Gasteiger partial charge in [-0.15, -0.1) is 0 Å². The number of nitrogen functional groups attached to an aromatic ring is 1. The zero-order chi connectivity index (χ0) is 15.0. The van der Waals surface area contributed by atoms with Gasteiger partial charge in [-0.1, -0.05) is 12.1 Å². The third kappa shape index (κ3) is 2.46. The number of rotatable bonds is 3. The number of imidazole rings is 1. The average molecular weight is 287 g/mol. The molecule has 0 aliphatic rings. The van der Waals surface area contributed by atoms with Crippen LogP contribution in [-0.2, 0) is 13.0 Å². The molecule has 2 aromatic carbocycles. The molecule has 3 rings (SSSR count). The van der Waals surface area contributed by atoms with Gasteiger partial charge in [0.05, 0.1) is 5.52 Å². The summed E-state index contributed by atoms with van der Waals surface area (Å²) in [5.74, 6) is -0.336. The minimum absolute atomic E-state index is 0.245. The standard InChI is InChI=1S/C16H15F2N3/c1-10-9-12(17)6-5-11(10)7-8-21-14-4-2-3-13(18)15(14)20-16(21)19/h2-6,9H,7-8H2,1H3,(H2,19,20). The van der Waals surface area contributed by atoms with E-state index in [9.17, 15) is 8.78 Å². The normalized spacial score (nSPS) is 11.2. The SMILES string of the molecule is Cc1cc(F)ccc1CCn1c(N)nc2c(F)cccc21. The molecule has 1 heterocycles. The highest BCUT2D eigenvalue weighted by Crippen LogP contribution is 2.21. The molecular formula is C16H15F2N3. The number of benzene rings is 2. The van der Waals surface area contributed by atoms with Crippen LogP contribution in [0.1, 0.15) is 11.1 Å². The lowest BCUT2D eigenvalue weighted by molar-refractivity contribution is 0.624. The molecule has 108 valence electrons. The number of nitrogens with zero attached hydrogens (tertiary/aromatic N) is 2. The molecule has 21 heavy (non-hydrogen) atoms. The van der Waals surface area contributed by atoms with Crippen molar-refractivity contribution in [1.29, 1.82) is 0 Å². The molecule has 0 amide bonds. The van der Waals surface area contributed by atoms with Crippen LogP contribution in [0.2, 0.25) is 0 Å². The third-order valence-corrected chi connectivity index (χ3v) is 3.67. The number of fused-ring (bicyclic) bond motifs is 1. The second-order valence-corrected chi connectivity index (χ2v) is 5.05. The molecule has 1 aromatic heterocycles. The van der Waals surface area contributed by atoms with Crippen LogP contribution in [0.25, 0.3) is 11.0 Å². The average Bonchev–Trinajstić information content (AvgIpc) is 2.76. The monoisotopic (exact) mass is 287 g/mol. The Hall–Kier alpha value is -2.43. The first kappa shape index (κ1) is 13.5. The van der Waals surface area contributed by atoms with Crippen LogP contribution in [0.5, 0.6) is 0 Å². The van der Waals surface area contributed by atoms with E-state index in [0.29, 0.717) is 18.5 Å². The van der Waals surface area contributed by atoms with Gasteiger partial charge in [0.25, 0.3) is 0 Å². The molecule has 0 saturated heterocycles. The van der Waals surface area contributed by atoms with Gasteiger partial charge in [-0.25, -0.2) is 13.8 Å². The Morgan fingerprint density at radius 3 is 2.76 bits per heavy atom. The minimum Gasteiger partial charge on any atom is -0.369 e. The Morgan fingerprint density at radius 1 is 1.19 bits per heavy atom. The van der Waals surface area contributed by atoms with E-state index in [1.807, 2.05) is 6.92 Å². The van der Waals surface area contributed by atoms with Crippen LogP contribution in [0.15, 0.2) is 36.4 Å². The lowest BCUT2D eigenvalue weighted by Crippen LogP contribution is -2.06. The van der Waals surface area contributed by atoms with Gasteiger partial charge in [-0.3, -0.25) is 0 Å². The molecule has 0 bridgehead atoms. The van der Waals surface area contributed by atoms with E-state index in [-0.39, 0.29) is 23.1 Å². The van der Waals surface area contributed by atoms with Gasteiger partial charge in [0.1, 0.15) is 11.3 Å². The lowest BCUT2D eigenvalue weighted by Gasteiger charge is -2.09. The molecular weight excluding hydrogens is 272 g/mol. The van der Waals surface area contributed by atoms with Gasteiger partial charge in [-0.2, -0.15) is 0 Å². The molecule has 0 fully saturated rings. The predicted molar refractivity (Wildman–Crippen MR) is 78.9 cm³/mol. The molecule has 0 unspecified atom stereocenters. The Bertz CT molecular complexity index is 809. The summed E-state index contributed by atoms with van der Waals surface area (Å²) in [6, 6.07) is 9.50.